The number of H-pyrrole nitrogens is 3. The van der Waals surface area contributed by atoms with Crippen LogP contribution in [0.5, 0.6) is 0 Å². The molecule has 13 atom stereocenters. The van der Waals surface area contributed by atoms with E-state index in [1.54, 1.807) is 11.1 Å². The zero-order chi connectivity index (χ0) is 53.6. The predicted octanol–water partition coefficient (Wildman–Crippen LogP) is -1.89. The van der Waals surface area contributed by atoms with E-state index in [1.807, 2.05) is 0 Å². The Hall–Kier alpha value is -5.23. The predicted molar refractivity (Wildman–Crippen MR) is 252 cm³/mol. The summed E-state index contributed by atoms with van der Waals surface area (Å²) in [6.45, 7) is -3.08. The van der Waals surface area contributed by atoms with Gasteiger partial charge in [-0.3, -0.25) is 60.7 Å². The highest BCUT2D eigenvalue weighted by Crippen LogP contribution is 2.53. The molecule has 14 N–H and O–H groups in total. The van der Waals surface area contributed by atoms with Crippen molar-refractivity contribution in [1.82, 2.24) is 58.9 Å². The maximum absolute atomic E-state index is 14.0. The molecule has 0 spiro atoms. The van der Waals surface area contributed by atoms with Crippen LogP contribution in [-0.4, -0.2) is 187 Å². The number of hydrogen-bond donors (Lipinski definition) is 11. The van der Waals surface area contributed by atoms with E-state index in [1.165, 1.54) is 36.0 Å². The fraction of sp³-hybridized carbons (Fsp3) is 0.568. The van der Waals surface area contributed by atoms with Crippen LogP contribution in [0.25, 0.3) is 33.4 Å². The third-order valence-corrected chi connectivity index (χ3v) is 15.4. The Labute approximate surface area is 420 Å². The topological polar surface area (TPSA) is 495 Å². The summed E-state index contributed by atoms with van der Waals surface area (Å²) in [4.78, 5) is 92.5. The third kappa shape index (κ3) is 11.6. The minimum absolute atomic E-state index is 0.00337. The average molecular weight is 1120 g/mol. The molecule has 75 heavy (non-hydrogen) atoms. The van der Waals surface area contributed by atoms with Gasteiger partial charge < -0.3 is 66.0 Å². The lowest BCUT2D eigenvalue weighted by Crippen LogP contribution is -2.37. The summed E-state index contributed by atoms with van der Waals surface area (Å²) in [5, 5.41) is 19.5. The Kier molecular flexibility index (Phi) is 16.0. The van der Waals surface area contributed by atoms with E-state index in [0.29, 0.717) is 16.6 Å². The molecule has 8 unspecified atom stereocenters. The van der Waals surface area contributed by atoms with Crippen molar-refractivity contribution in [3.05, 3.63) is 51.4 Å². The van der Waals surface area contributed by atoms with Gasteiger partial charge in [0.05, 0.1) is 50.7 Å². The third-order valence-electron chi connectivity index (χ3n) is 12.4. The first-order valence-electron chi connectivity index (χ1n) is 22.5. The highest BCUT2D eigenvalue weighted by Gasteiger charge is 2.53. The Morgan fingerprint density at radius 3 is 1.87 bits per heavy atom. The second-order valence-electron chi connectivity index (χ2n) is 17.2. The number of hydrogen-bond acceptors (Lipinski definition) is 27. The van der Waals surface area contributed by atoms with Crippen LogP contribution in [0.4, 0.5) is 17.7 Å². The van der Waals surface area contributed by atoms with Crippen LogP contribution in [0.2, 0.25) is 0 Å². The van der Waals surface area contributed by atoms with Gasteiger partial charge in [-0.25, -0.2) is 33.6 Å². The molecule has 0 bridgehead atoms. The van der Waals surface area contributed by atoms with Gasteiger partial charge in [-0.05, 0) is 6.42 Å². The number of phosphoric ester groups is 3. The summed E-state index contributed by atoms with van der Waals surface area (Å²) in [5.41, 5.74) is 17.4. The standard InChI is InChI=1S/C37H52N15O20P3/c1-63-27-25(19(10-54)68-34(27)51-14-44-23-30(51)46-36(39)48-32(23)55)71-75(61,62)66-11-17-8-50(7-16-6-41-22-21(16)42-13-43-29(22)38)9-18(17)70-74(59,60)67-12-20-26(72-73(57,58)65-5-3-4-53)28(64-2)35(69-20)52-15-45-24-31(52)47-37(40)49-33(24)56/h6,13-15,17-20,25-28,34-35,41,53-54H,3-5,7-12H2,1-2H3,(H,57,58)(H,59,60)(H,61,62)(H2,38,42,43)(H3,39,46,48,55)(H3,40,47,49,56)/t17-,18?,19-,20-,25?,26?,27?,28?,34-,35-/m1/s1. The van der Waals surface area contributed by atoms with Crippen LogP contribution in [-0.2, 0) is 66.3 Å². The van der Waals surface area contributed by atoms with Crippen LogP contribution >= 0.6 is 23.5 Å². The van der Waals surface area contributed by atoms with Gasteiger partial charge in [0, 0.05) is 58.1 Å². The van der Waals surface area contributed by atoms with E-state index >= 15 is 0 Å². The summed E-state index contributed by atoms with van der Waals surface area (Å²) in [6, 6.07) is 0. The van der Waals surface area contributed by atoms with Gasteiger partial charge in [0.2, 0.25) is 11.9 Å². The summed E-state index contributed by atoms with van der Waals surface area (Å²) in [6.07, 6.45) is -7.24. The number of fused-ring (bicyclic) bond motifs is 3. The summed E-state index contributed by atoms with van der Waals surface area (Å²) in [5.74, 6) is -1.34. The molecule has 38 heteroatoms. The van der Waals surface area contributed by atoms with Gasteiger partial charge in [-0.1, -0.05) is 0 Å². The number of aromatic nitrogens is 11. The maximum Gasteiger partial charge on any atom is 0.472 e. The first-order valence-corrected chi connectivity index (χ1v) is 27.0. The molecule has 0 aliphatic carbocycles. The number of nitrogen functional groups attached to an aromatic ring is 3. The number of phosphoric acid groups is 3. The van der Waals surface area contributed by atoms with Crippen molar-refractivity contribution in [2.75, 3.05) is 77.5 Å². The van der Waals surface area contributed by atoms with Gasteiger partial charge in [0.1, 0.15) is 48.5 Å². The number of nitrogens with two attached hydrogens (primary N) is 3. The molecule has 0 radical (unpaired) electrons. The lowest BCUT2D eigenvalue weighted by molar-refractivity contribution is -0.0595. The zero-order valence-corrected chi connectivity index (χ0v) is 42.1. The van der Waals surface area contributed by atoms with E-state index in [9.17, 15) is 48.2 Å². The normalized spacial score (nSPS) is 27.9. The Bertz CT molecular complexity index is 3290. The summed E-state index contributed by atoms with van der Waals surface area (Å²) in [7, 11) is -13.0. The van der Waals surface area contributed by atoms with Crippen LogP contribution in [0.1, 0.15) is 24.4 Å². The number of rotatable bonds is 23. The van der Waals surface area contributed by atoms with Gasteiger partial charge in [-0.2, -0.15) is 9.97 Å². The van der Waals surface area contributed by atoms with E-state index in [-0.39, 0.29) is 72.7 Å². The number of ether oxygens (including phenoxy) is 4. The highest BCUT2D eigenvalue weighted by molar-refractivity contribution is 7.48. The van der Waals surface area contributed by atoms with E-state index < -0.39 is 122 Å². The molecule has 3 aliphatic rings. The average Bonchev–Trinajstić information content (AvgIpc) is 4.23. The number of nitrogens with zero attached hydrogens (tertiary/aromatic N) is 9. The number of aromatic amines is 3. The van der Waals surface area contributed by atoms with E-state index in [4.69, 9.17) is 63.3 Å². The summed E-state index contributed by atoms with van der Waals surface area (Å²) >= 11 is 0. The van der Waals surface area contributed by atoms with Crippen LogP contribution in [0, 0.1) is 5.92 Å². The molecular formula is C37H52N15O20P3. The Morgan fingerprint density at radius 2 is 1.28 bits per heavy atom. The molecule has 0 aromatic carbocycles. The molecule has 3 aliphatic heterocycles. The number of aliphatic hydroxyl groups excluding tert-OH is 2. The zero-order valence-electron chi connectivity index (χ0n) is 39.4. The van der Waals surface area contributed by atoms with Crippen molar-refractivity contribution in [2.24, 2.45) is 5.92 Å². The van der Waals surface area contributed by atoms with Crippen molar-refractivity contribution < 1.29 is 84.7 Å². The quantitative estimate of drug-likeness (QED) is 0.0247. The first kappa shape index (κ1) is 54.6. The van der Waals surface area contributed by atoms with Crippen molar-refractivity contribution in [3.63, 3.8) is 0 Å². The SMILES string of the molecule is COC1C(OP(=O)(O)OC[C@H]2CN(Cc3c[nH]c4c(N)ncnc34)CC2OP(=O)(O)OC[C@H]2O[C@@H](n3cnc4c(=O)[nH]c(N)nc43)C(OC)C2OP(=O)(O)OCCCO)[C@@H](CO)O[C@H]1n1cnc2c(=O)[nH]c(N)nc21. The Balaban J connectivity index is 0.935. The smallest absolute Gasteiger partial charge is 0.396 e. The maximum atomic E-state index is 14.0. The number of likely N-dealkylation sites (tertiary alicyclic amines) is 1. The number of anilines is 3. The van der Waals surface area contributed by atoms with Crippen LogP contribution in [0.3, 0.4) is 0 Å². The van der Waals surface area contributed by atoms with Gasteiger partial charge in [-0.15, -0.1) is 0 Å². The molecule has 410 valence electrons. The largest absolute Gasteiger partial charge is 0.472 e. The lowest BCUT2D eigenvalue weighted by atomic mass is 10.1. The first-order chi connectivity index (χ1) is 35.7. The van der Waals surface area contributed by atoms with Crippen molar-refractivity contribution >= 4 is 74.5 Å². The molecule has 6 aromatic heterocycles. The molecule has 0 saturated carbocycles. The molecular weight excluding hydrogens is 1070 g/mol. The minimum atomic E-state index is -5.25. The molecule has 35 nitrogen and oxygen atoms in total. The molecule has 0 amide bonds. The van der Waals surface area contributed by atoms with E-state index in [0.717, 1.165) is 6.33 Å². The van der Waals surface area contributed by atoms with E-state index in [2.05, 4.69) is 44.9 Å². The van der Waals surface area contributed by atoms with Crippen molar-refractivity contribution in [1.29, 1.82) is 0 Å². The minimum Gasteiger partial charge on any atom is -0.396 e. The number of nitrogens with one attached hydrogen (secondary N) is 3. The summed E-state index contributed by atoms with van der Waals surface area (Å²) < 4.78 is 99.9. The van der Waals surface area contributed by atoms with Gasteiger partial charge in [0.15, 0.2) is 40.6 Å². The lowest BCUT2D eigenvalue weighted by Gasteiger charge is -2.27. The molecule has 9 rings (SSSR count). The molecule has 3 saturated heterocycles. The van der Waals surface area contributed by atoms with Gasteiger partial charge in [0.25, 0.3) is 11.1 Å². The van der Waals surface area contributed by atoms with Crippen molar-refractivity contribution in [3.8, 4) is 0 Å². The number of methoxy groups -OCH3 is 2. The van der Waals surface area contributed by atoms with Crippen molar-refractivity contribution in [2.45, 2.75) is 68.1 Å². The fourth-order valence-electron chi connectivity index (χ4n) is 9.04. The molecule has 3 fully saturated rings. The van der Waals surface area contributed by atoms with Crippen LogP contribution < -0.4 is 28.3 Å². The number of imidazole rings is 2. The fourth-order valence-corrected chi connectivity index (χ4v) is 12.0. The molecule has 6 aromatic rings. The highest BCUT2D eigenvalue weighted by atomic mass is 31.2. The molecule has 9 heterocycles. The number of aliphatic hydroxyl groups is 2. The Morgan fingerprint density at radius 1 is 0.720 bits per heavy atom. The van der Waals surface area contributed by atoms with Crippen LogP contribution in [0.15, 0.2) is 34.8 Å². The second-order valence-corrected chi connectivity index (χ2v) is 21.4. The second kappa shape index (κ2) is 22.0. The van der Waals surface area contributed by atoms with Gasteiger partial charge >= 0.3 is 23.5 Å². The monoisotopic (exact) mass is 1120 g/mol.